The summed E-state index contributed by atoms with van der Waals surface area (Å²) in [6, 6.07) is 13.7. The van der Waals surface area contributed by atoms with E-state index in [2.05, 4.69) is 25.2 Å². The van der Waals surface area contributed by atoms with E-state index in [1.165, 1.54) is 12.1 Å². The molecule has 0 bridgehead atoms. The van der Waals surface area contributed by atoms with E-state index >= 15 is 0 Å². The van der Waals surface area contributed by atoms with Gasteiger partial charge in [-0.3, -0.25) is 12.2 Å². The predicted molar refractivity (Wildman–Crippen MR) is 120 cm³/mol. The molecule has 0 fully saturated rings. The van der Waals surface area contributed by atoms with Crippen LogP contribution in [0.15, 0.2) is 71.8 Å². The summed E-state index contributed by atoms with van der Waals surface area (Å²) in [5, 5.41) is 0. The van der Waals surface area contributed by atoms with Crippen LogP contribution in [-0.4, -0.2) is 5.43 Å². The van der Waals surface area contributed by atoms with Crippen molar-refractivity contribution in [2.45, 2.75) is 39.8 Å². The average molecular weight is 567 g/mol. The molecule has 0 spiro atoms. The van der Waals surface area contributed by atoms with Gasteiger partial charge < -0.3 is 24.8 Å². The fraction of sp³-hybridized carbons (Fsp3) is 0.231. The van der Waals surface area contributed by atoms with E-state index in [0.717, 1.165) is 35.1 Å². The summed E-state index contributed by atoms with van der Waals surface area (Å²) < 4.78 is 26.6. The summed E-state index contributed by atoms with van der Waals surface area (Å²) in [6.45, 7) is 8.58. The van der Waals surface area contributed by atoms with Gasteiger partial charge in [0.2, 0.25) is 0 Å². The third kappa shape index (κ3) is 10.3. The van der Waals surface area contributed by atoms with Crippen molar-refractivity contribution in [3.8, 4) is 0 Å². The average Bonchev–Trinajstić information content (AvgIpc) is 3.31. The van der Waals surface area contributed by atoms with Crippen LogP contribution in [0, 0.1) is 23.8 Å². The van der Waals surface area contributed by atoms with E-state index in [4.69, 9.17) is 0 Å². The first-order chi connectivity index (χ1) is 14.3. The van der Waals surface area contributed by atoms with Crippen molar-refractivity contribution in [3.05, 3.63) is 107 Å². The fourth-order valence-electron chi connectivity index (χ4n) is 2.99. The SMILES string of the molecule is CC1=[C-]CC(c2ccccc2F)=C1.CC1=[C-]CC(c2ccccc2F)=C1.C[Si](C)=[Zr+2].[Cl-].[Cl-]. The van der Waals surface area contributed by atoms with Crippen LogP contribution in [0.5, 0.6) is 0 Å². The Bertz CT molecular complexity index is 958. The summed E-state index contributed by atoms with van der Waals surface area (Å²) >= 11 is 1.74. The molecule has 6 heteroatoms. The van der Waals surface area contributed by atoms with Gasteiger partial charge in [0.1, 0.15) is 11.6 Å². The summed E-state index contributed by atoms with van der Waals surface area (Å²) in [5.74, 6) is -0.296. The van der Waals surface area contributed by atoms with Gasteiger partial charge in [0.25, 0.3) is 0 Å². The Kier molecular flexibility index (Phi) is 15.2. The molecule has 2 aromatic rings. The minimum atomic E-state index is -0.148. The second-order valence-electron chi connectivity index (χ2n) is 7.37. The molecule has 0 unspecified atom stereocenters. The van der Waals surface area contributed by atoms with Crippen molar-refractivity contribution in [2.75, 3.05) is 0 Å². The van der Waals surface area contributed by atoms with Crippen molar-refractivity contribution in [2.24, 2.45) is 0 Å². The molecule has 0 aromatic heterocycles. The molecule has 0 atom stereocenters. The smallest absolute Gasteiger partial charge is 1.00 e. The Labute approximate surface area is 218 Å². The van der Waals surface area contributed by atoms with Crippen LogP contribution in [0.25, 0.3) is 11.1 Å². The number of hydrogen-bond donors (Lipinski definition) is 0. The van der Waals surface area contributed by atoms with E-state index in [9.17, 15) is 8.78 Å². The maximum absolute atomic E-state index is 13.3. The third-order valence-electron chi connectivity index (χ3n) is 4.34. The largest absolute Gasteiger partial charge is 1.00 e. The molecule has 0 amide bonds. The van der Waals surface area contributed by atoms with Gasteiger partial charge in [0.05, 0.1) is 0 Å². The summed E-state index contributed by atoms with van der Waals surface area (Å²) in [6.07, 6.45) is 11.7. The van der Waals surface area contributed by atoms with E-state index < -0.39 is 0 Å². The summed E-state index contributed by atoms with van der Waals surface area (Å²) in [5.41, 5.74) is 5.85. The molecule has 2 aromatic carbocycles. The fourth-order valence-corrected chi connectivity index (χ4v) is 2.99. The number of hydrogen-bond acceptors (Lipinski definition) is 0. The van der Waals surface area contributed by atoms with Gasteiger partial charge >= 0.3 is 41.9 Å². The maximum atomic E-state index is 13.3. The molecular weight excluding hydrogens is 540 g/mol. The molecular formula is C26H26Cl2F2SiZr-2. The Morgan fingerprint density at radius 2 is 1.03 bits per heavy atom. The van der Waals surface area contributed by atoms with Gasteiger partial charge in [0, 0.05) is 0 Å². The van der Waals surface area contributed by atoms with E-state index in [0.29, 0.717) is 11.1 Å². The van der Waals surface area contributed by atoms with Gasteiger partial charge in [-0.25, -0.2) is 32.1 Å². The molecule has 0 radical (unpaired) electrons. The molecule has 0 saturated heterocycles. The zero-order chi connectivity index (χ0) is 22.1. The molecule has 2 aliphatic carbocycles. The van der Waals surface area contributed by atoms with Gasteiger partial charge in [-0.15, -0.1) is 24.0 Å². The van der Waals surface area contributed by atoms with Crippen LogP contribution in [0.3, 0.4) is 0 Å². The molecule has 2 aliphatic rings. The first kappa shape index (κ1) is 30.9. The van der Waals surface area contributed by atoms with Gasteiger partial charge in [-0.2, -0.15) is 0 Å². The van der Waals surface area contributed by atoms with Gasteiger partial charge in [-0.05, 0) is 23.3 Å². The molecule has 0 saturated carbocycles. The monoisotopic (exact) mass is 564 g/mol. The van der Waals surface area contributed by atoms with Crippen molar-refractivity contribution >= 4 is 16.6 Å². The molecule has 4 rings (SSSR count). The molecule has 0 heterocycles. The molecule has 32 heavy (non-hydrogen) atoms. The minimum absolute atomic E-state index is 0. The number of halogens is 4. The normalized spacial score (nSPS) is 13.5. The first-order valence-electron chi connectivity index (χ1n) is 9.85. The van der Waals surface area contributed by atoms with Gasteiger partial charge in [0.15, 0.2) is 0 Å². The molecule has 0 aliphatic heterocycles. The number of benzene rings is 2. The quantitative estimate of drug-likeness (QED) is 0.382. The zero-order valence-corrected chi connectivity index (χ0v) is 23.7. The number of allylic oxidation sites excluding steroid dienone is 8. The van der Waals surface area contributed by atoms with E-state index in [1.54, 1.807) is 47.6 Å². The first-order valence-corrected chi connectivity index (χ1v) is 16.0. The van der Waals surface area contributed by atoms with Crippen LogP contribution in [0.1, 0.15) is 37.8 Å². The van der Waals surface area contributed by atoms with Crippen LogP contribution in [-0.2, 0) is 23.3 Å². The maximum Gasteiger partial charge on any atom is -1.00 e. The predicted octanol–water partition coefficient (Wildman–Crippen LogP) is 1.52. The Hall–Kier alpha value is -1.06. The van der Waals surface area contributed by atoms with E-state index in [1.807, 2.05) is 38.1 Å². The molecule has 0 N–H and O–H groups in total. The van der Waals surface area contributed by atoms with Crippen LogP contribution in [0.4, 0.5) is 8.78 Å². The topological polar surface area (TPSA) is 0 Å². The van der Waals surface area contributed by atoms with Crippen molar-refractivity contribution in [1.29, 1.82) is 0 Å². The van der Waals surface area contributed by atoms with Gasteiger partial charge in [-0.1, -0.05) is 50.2 Å². The Morgan fingerprint density at radius 1 is 0.719 bits per heavy atom. The standard InChI is InChI=1S/2C12H10F.C2H6Si.2ClH.Zr/c2*1-9-6-7-10(8-9)11-4-2-3-5-12(11)13;1-3-2;;;/h2*2-5,8H,7H2,1H3;1-2H3;2*1H;/q2*-1;;;;+2/p-2. The second kappa shape index (κ2) is 15.7. The molecule has 0 nitrogen and oxygen atoms in total. The minimum Gasteiger partial charge on any atom is -1.00 e. The third-order valence-corrected chi connectivity index (χ3v) is 4.34. The second-order valence-corrected chi connectivity index (χ2v) is 16.7. The van der Waals surface area contributed by atoms with Crippen molar-refractivity contribution < 1.29 is 56.9 Å². The Balaban J connectivity index is 0.000000490. The van der Waals surface area contributed by atoms with Crippen LogP contribution < -0.4 is 24.8 Å². The zero-order valence-electron chi connectivity index (χ0n) is 18.7. The molecule has 168 valence electrons. The number of rotatable bonds is 2. The van der Waals surface area contributed by atoms with E-state index in [-0.39, 0.29) is 41.9 Å². The van der Waals surface area contributed by atoms with Crippen LogP contribution >= 0.6 is 0 Å². The van der Waals surface area contributed by atoms with Crippen LogP contribution in [0.2, 0.25) is 13.1 Å². The van der Waals surface area contributed by atoms with Crippen molar-refractivity contribution in [1.82, 2.24) is 0 Å². The summed E-state index contributed by atoms with van der Waals surface area (Å²) in [4.78, 5) is 0. The Morgan fingerprint density at radius 3 is 1.28 bits per heavy atom. The summed E-state index contributed by atoms with van der Waals surface area (Å²) in [7, 11) is 0. The van der Waals surface area contributed by atoms with Crippen molar-refractivity contribution in [3.63, 3.8) is 0 Å².